The Balaban J connectivity index is 2.54. The third-order valence-electron chi connectivity index (χ3n) is 3.31. The quantitative estimate of drug-likeness (QED) is 0.677. The zero-order chi connectivity index (χ0) is 16.5. The summed E-state index contributed by atoms with van der Waals surface area (Å²) in [6, 6.07) is 6.67. The van der Waals surface area contributed by atoms with Crippen molar-refractivity contribution >= 4 is 18.1 Å². The number of aldehydes is 1. The molecule has 0 bridgehead atoms. The first-order valence-electron chi connectivity index (χ1n) is 7.22. The first-order chi connectivity index (χ1) is 10.5. The Hall–Kier alpha value is -2.37. The summed E-state index contributed by atoms with van der Waals surface area (Å²) in [5, 5.41) is 0. The number of benzene rings is 1. The molecule has 0 aliphatic heterocycles. The molecule has 6 nitrogen and oxygen atoms in total. The lowest BCUT2D eigenvalue weighted by Gasteiger charge is -2.23. The van der Waals surface area contributed by atoms with Crippen LogP contribution in [0.1, 0.15) is 24.2 Å². The Morgan fingerprint density at radius 1 is 1.14 bits per heavy atom. The van der Waals surface area contributed by atoms with Gasteiger partial charge in [-0.15, -0.1) is 0 Å². The van der Waals surface area contributed by atoms with Gasteiger partial charge in [-0.05, 0) is 26.0 Å². The third kappa shape index (κ3) is 4.87. The van der Waals surface area contributed by atoms with Crippen molar-refractivity contribution in [2.24, 2.45) is 0 Å². The average molecular weight is 306 g/mol. The van der Waals surface area contributed by atoms with E-state index >= 15 is 0 Å². The van der Waals surface area contributed by atoms with Crippen molar-refractivity contribution in [2.45, 2.75) is 13.8 Å². The normalized spacial score (nSPS) is 9.95. The maximum Gasteiger partial charge on any atom is 0.260 e. The van der Waals surface area contributed by atoms with Gasteiger partial charge < -0.3 is 14.5 Å². The van der Waals surface area contributed by atoms with Crippen molar-refractivity contribution in [2.75, 3.05) is 33.3 Å². The molecule has 0 saturated carbocycles. The molecule has 22 heavy (non-hydrogen) atoms. The lowest BCUT2D eigenvalue weighted by atomic mass is 10.2. The molecule has 0 saturated heterocycles. The molecule has 0 aliphatic carbocycles. The number of nitrogens with zero attached hydrogens (tertiary/aromatic N) is 2. The molecule has 2 amide bonds. The van der Waals surface area contributed by atoms with Gasteiger partial charge in [0.25, 0.3) is 5.91 Å². The standard InChI is InChI=1S/C16H22N2O4/c1-4-18(5-2)15(20)10-17(3)16(21)12-22-14-9-7-6-8-13(14)11-19/h6-9,11H,4-5,10,12H2,1-3H3. The second-order valence-electron chi connectivity index (χ2n) is 4.76. The zero-order valence-corrected chi connectivity index (χ0v) is 13.2. The molecule has 0 atom stereocenters. The lowest BCUT2D eigenvalue weighted by Crippen LogP contribution is -2.42. The van der Waals surface area contributed by atoms with Crippen LogP contribution >= 0.6 is 0 Å². The van der Waals surface area contributed by atoms with Crippen LogP contribution in [-0.4, -0.2) is 61.2 Å². The van der Waals surface area contributed by atoms with E-state index in [-0.39, 0.29) is 25.0 Å². The summed E-state index contributed by atoms with van der Waals surface area (Å²) in [7, 11) is 1.55. The van der Waals surface area contributed by atoms with Gasteiger partial charge in [-0.1, -0.05) is 12.1 Å². The number of amides is 2. The summed E-state index contributed by atoms with van der Waals surface area (Å²) in [6.45, 7) is 4.80. The smallest absolute Gasteiger partial charge is 0.260 e. The van der Waals surface area contributed by atoms with Crippen LogP contribution in [0.2, 0.25) is 0 Å². The summed E-state index contributed by atoms with van der Waals surface area (Å²) in [6.07, 6.45) is 0.674. The van der Waals surface area contributed by atoms with Gasteiger partial charge >= 0.3 is 0 Å². The first-order valence-corrected chi connectivity index (χ1v) is 7.22. The fourth-order valence-electron chi connectivity index (χ4n) is 1.93. The monoisotopic (exact) mass is 306 g/mol. The van der Waals surface area contributed by atoms with Crippen molar-refractivity contribution in [1.29, 1.82) is 0 Å². The largest absolute Gasteiger partial charge is 0.483 e. The van der Waals surface area contributed by atoms with Crippen molar-refractivity contribution < 1.29 is 19.1 Å². The topological polar surface area (TPSA) is 66.9 Å². The van der Waals surface area contributed by atoms with Gasteiger partial charge in [-0.2, -0.15) is 0 Å². The Kier molecular flexibility index (Phi) is 7.08. The van der Waals surface area contributed by atoms with Gasteiger partial charge in [-0.3, -0.25) is 14.4 Å². The van der Waals surface area contributed by atoms with Gasteiger partial charge in [0.1, 0.15) is 5.75 Å². The van der Waals surface area contributed by atoms with Crippen LogP contribution < -0.4 is 4.74 Å². The molecule has 0 fully saturated rings. The Morgan fingerprint density at radius 3 is 2.36 bits per heavy atom. The maximum absolute atomic E-state index is 12.0. The van der Waals surface area contributed by atoms with Crippen molar-refractivity contribution in [3.05, 3.63) is 29.8 Å². The number of ether oxygens (including phenoxy) is 1. The SMILES string of the molecule is CCN(CC)C(=O)CN(C)C(=O)COc1ccccc1C=O. The van der Waals surface area contributed by atoms with E-state index in [4.69, 9.17) is 4.74 Å². The molecule has 0 radical (unpaired) electrons. The molecule has 1 aromatic rings. The van der Waals surface area contributed by atoms with Crippen LogP contribution in [-0.2, 0) is 9.59 Å². The van der Waals surface area contributed by atoms with E-state index in [1.807, 2.05) is 13.8 Å². The molecule has 0 unspecified atom stereocenters. The summed E-state index contributed by atoms with van der Waals surface area (Å²) < 4.78 is 5.36. The van der Waals surface area contributed by atoms with Crippen LogP contribution in [0.25, 0.3) is 0 Å². The molecule has 0 aromatic heterocycles. The fourth-order valence-corrected chi connectivity index (χ4v) is 1.93. The summed E-state index contributed by atoms with van der Waals surface area (Å²) in [4.78, 5) is 37.8. The van der Waals surface area contributed by atoms with Gasteiger partial charge in [0, 0.05) is 20.1 Å². The molecule has 0 heterocycles. The minimum Gasteiger partial charge on any atom is -0.483 e. The second-order valence-corrected chi connectivity index (χ2v) is 4.76. The second kappa shape index (κ2) is 8.81. The van der Waals surface area contributed by atoms with E-state index in [1.54, 1.807) is 36.2 Å². The third-order valence-corrected chi connectivity index (χ3v) is 3.31. The lowest BCUT2D eigenvalue weighted by molar-refractivity contribution is -0.140. The van der Waals surface area contributed by atoms with E-state index in [0.717, 1.165) is 0 Å². The highest BCUT2D eigenvalue weighted by Gasteiger charge is 2.17. The average Bonchev–Trinajstić information content (AvgIpc) is 2.53. The van der Waals surface area contributed by atoms with Crippen LogP contribution in [0.3, 0.4) is 0 Å². The minimum absolute atomic E-state index is 0.0131. The van der Waals surface area contributed by atoms with E-state index in [9.17, 15) is 14.4 Å². The van der Waals surface area contributed by atoms with E-state index < -0.39 is 0 Å². The highest BCUT2D eigenvalue weighted by atomic mass is 16.5. The minimum atomic E-state index is -0.318. The van der Waals surface area contributed by atoms with Crippen LogP contribution in [0.15, 0.2) is 24.3 Å². The van der Waals surface area contributed by atoms with Gasteiger partial charge in [-0.25, -0.2) is 0 Å². The summed E-state index contributed by atoms with van der Waals surface area (Å²) in [5.41, 5.74) is 0.386. The van der Waals surface area contributed by atoms with E-state index in [1.165, 1.54) is 4.90 Å². The van der Waals surface area contributed by atoms with Crippen molar-refractivity contribution in [3.8, 4) is 5.75 Å². The number of rotatable bonds is 8. The first kappa shape index (κ1) is 17.7. The predicted octanol–water partition coefficient (Wildman–Crippen LogP) is 1.20. The van der Waals surface area contributed by atoms with Gasteiger partial charge in [0.05, 0.1) is 12.1 Å². The highest BCUT2D eigenvalue weighted by Crippen LogP contribution is 2.15. The summed E-state index contributed by atoms with van der Waals surface area (Å²) >= 11 is 0. The van der Waals surface area contributed by atoms with Crippen LogP contribution in [0, 0.1) is 0 Å². The fraction of sp³-hybridized carbons (Fsp3) is 0.438. The maximum atomic E-state index is 12.0. The molecule has 0 spiro atoms. The number of likely N-dealkylation sites (N-methyl/N-ethyl adjacent to an activating group) is 2. The molecular formula is C16H22N2O4. The van der Waals surface area contributed by atoms with E-state index in [0.29, 0.717) is 30.7 Å². The molecule has 6 heteroatoms. The Morgan fingerprint density at radius 2 is 1.77 bits per heavy atom. The zero-order valence-electron chi connectivity index (χ0n) is 13.2. The van der Waals surface area contributed by atoms with E-state index in [2.05, 4.69) is 0 Å². The molecule has 0 aliphatic rings. The summed E-state index contributed by atoms with van der Waals surface area (Å²) in [5.74, 6) is -0.0651. The molecule has 1 rings (SSSR count). The Bertz CT molecular complexity index is 527. The van der Waals surface area contributed by atoms with Gasteiger partial charge in [0.15, 0.2) is 12.9 Å². The number of para-hydroxylation sites is 1. The highest BCUT2D eigenvalue weighted by molar-refractivity contribution is 5.85. The van der Waals surface area contributed by atoms with Crippen molar-refractivity contribution in [3.63, 3.8) is 0 Å². The predicted molar refractivity (Wildman–Crippen MR) is 82.9 cm³/mol. The van der Waals surface area contributed by atoms with Gasteiger partial charge in [0.2, 0.25) is 5.91 Å². The van der Waals surface area contributed by atoms with Crippen molar-refractivity contribution in [1.82, 2.24) is 9.80 Å². The number of carbonyl (C=O) groups is 3. The molecule has 120 valence electrons. The molecule has 0 N–H and O–H groups in total. The van der Waals surface area contributed by atoms with Crippen LogP contribution in [0.5, 0.6) is 5.75 Å². The number of hydrogen-bond acceptors (Lipinski definition) is 4. The molecule has 1 aromatic carbocycles. The number of carbonyl (C=O) groups excluding carboxylic acids is 3. The Labute approximate surface area is 130 Å². The van der Waals surface area contributed by atoms with Crippen LogP contribution in [0.4, 0.5) is 0 Å². The number of hydrogen-bond donors (Lipinski definition) is 0. The molecular weight excluding hydrogens is 284 g/mol.